The van der Waals surface area contributed by atoms with Gasteiger partial charge in [-0.2, -0.15) is 0 Å². The summed E-state index contributed by atoms with van der Waals surface area (Å²) >= 11 is 0. The van der Waals surface area contributed by atoms with Gasteiger partial charge in [0.15, 0.2) is 0 Å². The van der Waals surface area contributed by atoms with Crippen molar-refractivity contribution in [2.45, 2.75) is 5.60 Å². The molecule has 0 atom stereocenters. The normalized spacial score (nSPS) is 21.1. The molecule has 0 fully saturated rings. The molecule has 2 aromatic carbocycles. The van der Waals surface area contributed by atoms with Gasteiger partial charge in [0.25, 0.3) is 0 Å². The van der Waals surface area contributed by atoms with Crippen molar-refractivity contribution in [2.75, 3.05) is 0 Å². The molecule has 0 radical (unpaired) electrons. The van der Waals surface area contributed by atoms with Crippen LogP contribution in [0.25, 0.3) is 11.1 Å². The Balaban J connectivity index is 1.93. The predicted octanol–water partition coefficient (Wildman–Crippen LogP) is 3.69. The van der Waals surface area contributed by atoms with Crippen LogP contribution in [0.5, 0.6) is 0 Å². The lowest BCUT2D eigenvalue weighted by Gasteiger charge is -2.23. The van der Waals surface area contributed by atoms with E-state index in [1.807, 2.05) is 42.5 Å². The third-order valence-corrected chi connectivity index (χ3v) is 3.49. The van der Waals surface area contributed by atoms with Gasteiger partial charge in [0.05, 0.1) is 5.71 Å². The fraction of sp³-hybridized carbons (Fsp3) is 0.0556. The van der Waals surface area contributed by atoms with Crippen molar-refractivity contribution in [2.24, 2.45) is 0 Å². The molecule has 1 aliphatic carbocycles. The second-order valence-electron chi connectivity index (χ2n) is 4.89. The van der Waals surface area contributed by atoms with Crippen molar-refractivity contribution in [1.82, 2.24) is 0 Å². The van der Waals surface area contributed by atoms with Gasteiger partial charge in [-0.25, -0.2) is 0 Å². The fourth-order valence-electron chi connectivity index (χ4n) is 2.30. The Morgan fingerprint density at radius 3 is 1.90 bits per heavy atom. The molecule has 0 aromatic heterocycles. The van der Waals surface area contributed by atoms with E-state index < -0.39 is 5.60 Å². The van der Waals surface area contributed by atoms with Crippen LogP contribution in [0.4, 0.5) is 0 Å². The van der Waals surface area contributed by atoms with Crippen molar-refractivity contribution in [3.63, 3.8) is 0 Å². The smallest absolute Gasteiger partial charge is 0.127 e. The van der Waals surface area contributed by atoms with E-state index in [1.165, 1.54) is 0 Å². The first-order valence-electron chi connectivity index (χ1n) is 6.53. The molecule has 1 aliphatic rings. The maximum absolute atomic E-state index is 10.6. The van der Waals surface area contributed by atoms with Gasteiger partial charge in [0.2, 0.25) is 0 Å². The van der Waals surface area contributed by atoms with Crippen molar-refractivity contribution in [3.8, 4) is 11.1 Å². The Morgan fingerprint density at radius 1 is 0.750 bits per heavy atom. The lowest BCUT2D eigenvalue weighted by Crippen LogP contribution is -2.22. The molecule has 0 unspecified atom stereocenters. The third kappa shape index (κ3) is 2.33. The molecule has 3 rings (SSSR count). The van der Waals surface area contributed by atoms with E-state index in [9.17, 15) is 5.11 Å². The first-order chi connectivity index (χ1) is 9.67. The summed E-state index contributed by atoms with van der Waals surface area (Å²) in [4.78, 5) is 0. The van der Waals surface area contributed by atoms with E-state index in [0.29, 0.717) is 5.71 Å². The van der Waals surface area contributed by atoms with Gasteiger partial charge in [-0.3, -0.25) is 0 Å². The second-order valence-corrected chi connectivity index (χ2v) is 4.89. The van der Waals surface area contributed by atoms with Crippen LogP contribution in [-0.2, 0) is 5.60 Å². The molecule has 98 valence electrons. The highest BCUT2D eigenvalue weighted by Crippen LogP contribution is 2.29. The van der Waals surface area contributed by atoms with Crippen LogP contribution in [0, 0.1) is 5.41 Å². The summed E-state index contributed by atoms with van der Waals surface area (Å²) in [7, 11) is 0. The van der Waals surface area contributed by atoms with Crippen molar-refractivity contribution < 1.29 is 5.11 Å². The first-order valence-corrected chi connectivity index (χ1v) is 6.53. The van der Waals surface area contributed by atoms with Crippen LogP contribution >= 0.6 is 0 Å². The maximum atomic E-state index is 10.6. The minimum Gasteiger partial charge on any atom is -0.377 e. The Kier molecular flexibility index (Phi) is 3.09. The summed E-state index contributed by atoms with van der Waals surface area (Å²) in [6.07, 6.45) is 6.52. The molecule has 0 amide bonds. The molecule has 0 spiro atoms. The van der Waals surface area contributed by atoms with Crippen LogP contribution in [0.15, 0.2) is 78.9 Å². The number of aliphatic hydroxyl groups is 1. The minimum absolute atomic E-state index is 0.399. The van der Waals surface area contributed by atoms with Crippen molar-refractivity contribution in [3.05, 3.63) is 84.5 Å². The maximum Gasteiger partial charge on any atom is 0.127 e. The van der Waals surface area contributed by atoms with E-state index in [1.54, 1.807) is 24.3 Å². The fourth-order valence-corrected chi connectivity index (χ4v) is 2.30. The Bertz CT molecular complexity index is 665. The van der Waals surface area contributed by atoms with Crippen LogP contribution in [0.2, 0.25) is 0 Å². The Morgan fingerprint density at radius 2 is 1.30 bits per heavy atom. The average molecular weight is 261 g/mol. The van der Waals surface area contributed by atoms with E-state index in [2.05, 4.69) is 12.1 Å². The van der Waals surface area contributed by atoms with Gasteiger partial charge in [0.1, 0.15) is 5.60 Å². The standard InChI is InChI=1S/C18H15NO/c19-17-10-12-18(20,13-11-17)16-8-6-15(7-9-16)14-4-2-1-3-5-14/h1-13,19-20H. The number of hydrogen-bond acceptors (Lipinski definition) is 2. The summed E-state index contributed by atoms with van der Waals surface area (Å²) in [6, 6.07) is 18.0. The molecule has 2 heteroatoms. The van der Waals surface area contributed by atoms with Crippen LogP contribution in [-0.4, -0.2) is 10.8 Å². The van der Waals surface area contributed by atoms with E-state index in [4.69, 9.17) is 5.41 Å². The van der Waals surface area contributed by atoms with Gasteiger partial charge in [-0.05, 0) is 41.0 Å². The van der Waals surface area contributed by atoms with Crippen molar-refractivity contribution >= 4 is 5.71 Å². The second kappa shape index (κ2) is 4.91. The number of allylic oxidation sites excluding steroid dienone is 2. The van der Waals surface area contributed by atoms with Crippen LogP contribution < -0.4 is 0 Å². The molecule has 20 heavy (non-hydrogen) atoms. The Labute approximate surface area is 118 Å². The van der Waals surface area contributed by atoms with Gasteiger partial charge in [-0.15, -0.1) is 0 Å². The number of benzene rings is 2. The molecule has 0 heterocycles. The molecule has 0 saturated heterocycles. The molecular weight excluding hydrogens is 246 g/mol. The molecule has 0 saturated carbocycles. The summed E-state index contributed by atoms with van der Waals surface area (Å²) in [5.41, 5.74) is 2.37. The third-order valence-electron chi connectivity index (χ3n) is 3.49. The zero-order valence-corrected chi connectivity index (χ0v) is 11.0. The monoisotopic (exact) mass is 261 g/mol. The topological polar surface area (TPSA) is 44.1 Å². The number of rotatable bonds is 2. The van der Waals surface area contributed by atoms with Gasteiger partial charge in [0, 0.05) is 0 Å². The van der Waals surface area contributed by atoms with Gasteiger partial charge in [-0.1, -0.05) is 54.6 Å². The zero-order chi connectivity index (χ0) is 14.0. The lowest BCUT2D eigenvalue weighted by atomic mass is 9.88. The van der Waals surface area contributed by atoms with Crippen molar-refractivity contribution in [1.29, 1.82) is 5.41 Å². The Hall–Kier alpha value is -2.45. The van der Waals surface area contributed by atoms with E-state index in [0.717, 1.165) is 16.7 Å². The first kappa shape index (κ1) is 12.6. The summed E-state index contributed by atoms with van der Waals surface area (Å²) in [6.45, 7) is 0. The molecule has 0 aliphatic heterocycles. The molecule has 2 nitrogen and oxygen atoms in total. The average Bonchev–Trinajstić information content (AvgIpc) is 2.52. The predicted molar refractivity (Wildman–Crippen MR) is 81.8 cm³/mol. The summed E-state index contributed by atoms with van der Waals surface area (Å²) < 4.78 is 0. The highest BCUT2D eigenvalue weighted by Gasteiger charge is 2.24. The SMILES string of the molecule is N=C1C=CC(O)(c2ccc(-c3ccccc3)cc2)C=C1. The molecular formula is C18H15NO. The lowest BCUT2D eigenvalue weighted by molar-refractivity contribution is 0.143. The quantitative estimate of drug-likeness (QED) is 0.850. The number of nitrogens with one attached hydrogen (secondary N) is 1. The van der Waals surface area contributed by atoms with Gasteiger partial charge >= 0.3 is 0 Å². The molecule has 2 N–H and O–H groups in total. The van der Waals surface area contributed by atoms with Crippen LogP contribution in [0.3, 0.4) is 0 Å². The highest BCUT2D eigenvalue weighted by atomic mass is 16.3. The number of hydrogen-bond donors (Lipinski definition) is 2. The summed E-state index contributed by atoms with van der Waals surface area (Å²) in [5, 5.41) is 18.0. The molecule has 2 aromatic rings. The molecule has 0 bridgehead atoms. The van der Waals surface area contributed by atoms with E-state index >= 15 is 0 Å². The highest BCUT2D eigenvalue weighted by molar-refractivity contribution is 6.02. The minimum atomic E-state index is -1.11. The van der Waals surface area contributed by atoms with Crippen LogP contribution in [0.1, 0.15) is 5.56 Å². The van der Waals surface area contributed by atoms with E-state index in [-0.39, 0.29) is 0 Å². The van der Waals surface area contributed by atoms with Gasteiger partial charge < -0.3 is 10.5 Å². The summed E-state index contributed by atoms with van der Waals surface area (Å²) in [5.74, 6) is 0. The zero-order valence-electron chi connectivity index (χ0n) is 11.0. The largest absolute Gasteiger partial charge is 0.377 e.